The zero-order chi connectivity index (χ0) is 35.0. The van der Waals surface area contributed by atoms with E-state index in [4.69, 9.17) is 15.5 Å². The molecule has 8 nitrogen and oxygen atoms in total. The van der Waals surface area contributed by atoms with Gasteiger partial charge in [-0.25, -0.2) is 4.99 Å². The lowest BCUT2D eigenvalue weighted by molar-refractivity contribution is -0.136. The van der Waals surface area contributed by atoms with Gasteiger partial charge in [0.05, 0.1) is 25.1 Å². The molecule has 1 unspecified atom stereocenters. The van der Waals surface area contributed by atoms with Crippen molar-refractivity contribution in [2.24, 2.45) is 28.5 Å². The SMILES string of the molecule is CCC[C@H](C(N)=O)[C@@H](CC1CCCC1)C(=O)NC1N=C(c2ccccc2)c2ccccc2N(Cc2cccc(-c3ccc(OC)cc3)c2)C1=O. The highest BCUT2D eigenvalue weighted by molar-refractivity contribution is 6.20. The lowest BCUT2D eigenvalue weighted by Crippen LogP contribution is -2.50. The molecule has 1 saturated carbocycles. The van der Waals surface area contributed by atoms with Crippen LogP contribution in [0.5, 0.6) is 5.75 Å². The highest BCUT2D eigenvalue weighted by atomic mass is 16.5. The largest absolute Gasteiger partial charge is 0.497 e. The van der Waals surface area contributed by atoms with Crippen molar-refractivity contribution in [3.63, 3.8) is 0 Å². The van der Waals surface area contributed by atoms with Gasteiger partial charge in [-0.2, -0.15) is 0 Å². The Hall–Kier alpha value is -5.24. The van der Waals surface area contributed by atoms with Gasteiger partial charge in [-0.1, -0.05) is 118 Å². The van der Waals surface area contributed by atoms with Crippen molar-refractivity contribution in [2.45, 2.75) is 64.6 Å². The van der Waals surface area contributed by atoms with E-state index in [1.165, 1.54) is 0 Å². The van der Waals surface area contributed by atoms with Gasteiger partial charge in [-0.05, 0) is 59.7 Å². The first-order valence-corrected chi connectivity index (χ1v) is 17.7. The summed E-state index contributed by atoms with van der Waals surface area (Å²) < 4.78 is 5.34. The topological polar surface area (TPSA) is 114 Å². The standard InChI is InChI=1S/C42H46N4O4/c1-3-12-34(39(43)47)36(26-28-13-7-8-14-28)41(48)45-40-42(49)46(27-29-15-11-18-32(25-29)30-21-23-33(50-2)24-22-30)37-20-10-9-19-35(37)38(44-40)31-16-5-4-6-17-31/h4-6,9-11,15-25,28,34,36,40H,3,7-8,12-14,26-27H2,1-2H3,(H2,43,47)(H,45,48)/t34-,36+,40?/m0/s1. The minimum atomic E-state index is -1.21. The van der Waals surface area contributed by atoms with Crippen LogP contribution in [0.1, 0.15) is 68.6 Å². The molecule has 1 aliphatic heterocycles. The summed E-state index contributed by atoms with van der Waals surface area (Å²) in [6.45, 7) is 2.25. The number of nitrogens with two attached hydrogens (primary N) is 1. The molecule has 3 N–H and O–H groups in total. The first-order chi connectivity index (χ1) is 24.4. The molecule has 4 aromatic rings. The van der Waals surface area contributed by atoms with Crippen LogP contribution in [0.3, 0.4) is 0 Å². The second-order valence-corrected chi connectivity index (χ2v) is 13.4. The summed E-state index contributed by atoms with van der Waals surface area (Å²) in [5.74, 6) is -1.31. The average Bonchev–Trinajstić information content (AvgIpc) is 3.64. The van der Waals surface area contributed by atoms with E-state index in [1.54, 1.807) is 12.0 Å². The minimum absolute atomic E-state index is 0.259. The number of anilines is 1. The first kappa shape index (κ1) is 34.6. The van der Waals surface area contributed by atoms with E-state index in [0.29, 0.717) is 30.2 Å². The van der Waals surface area contributed by atoms with Crippen LogP contribution in [0.2, 0.25) is 0 Å². The molecule has 0 saturated heterocycles. The Bertz CT molecular complexity index is 1830. The number of amides is 3. The number of benzodiazepines with no additional fused rings is 1. The molecule has 2 aliphatic rings. The Morgan fingerprint density at radius 1 is 0.880 bits per heavy atom. The molecule has 8 heteroatoms. The number of hydrogen-bond acceptors (Lipinski definition) is 5. The third-order valence-corrected chi connectivity index (χ3v) is 10.1. The van der Waals surface area contributed by atoms with E-state index in [1.807, 2.05) is 104 Å². The van der Waals surface area contributed by atoms with Crippen molar-refractivity contribution in [3.8, 4) is 16.9 Å². The monoisotopic (exact) mass is 670 g/mol. The number of nitrogens with one attached hydrogen (secondary N) is 1. The Morgan fingerprint density at radius 2 is 1.58 bits per heavy atom. The molecule has 3 amide bonds. The van der Waals surface area contributed by atoms with E-state index in [0.717, 1.165) is 65.7 Å². The number of para-hydroxylation sites is 1. The van der Waals surface area contributed by atoms with E-state index in [-0.39, 0.29) is 18.4 Å². The lowest BCUT2D eigenvalue weighted by atomic mass is 9.80. The van der Waals surface area contributed by atoms with Gasteiger partial charge in [0.25, 0.3) is 5.91 Å². The Labute approximate surface area is 294 Å². The molecule has 0 bridgehead atoms. The normalized spacial score (nSPS) is 17.3. The average molecular weight is 671 g/mol. The van der Waals surface area contributed by atoms with E-state index < -0.39 is 23.9 Å². The molecule has 0 spiro atoms. The minimum Gasteiger partial charge on any atom is -0.497 e. The third kappa shape index (κ3) is 7.80. The fraction of sp³-hybridized carbons (Fsp3) is 0.333. The number of fused-ring (bicyclic) bond motifs is 1. The van der Waals surface area contributed by atoms with E-state index in [9.17, 15) is 14.4 Å². The number of ether oxygens (including phenoxy) is 1. The summed E-state index contributed by atoms with van der Waals surface area (Å²) in [5, 5.41) is 3.04. The molecule has 1 fully saturated rings. The summed E-state index contributed by atoms with van der Waals surface area (Å²) in [5.41, 5.74) is 11.8. The number of rotatable bonds is 13. The van der Waals surface area contributed by atoms with Crippen LogP contribution in [0.15, 0.2) is 108 Å². The number of methoxy groups -OCH3 is 1. The zero-order valence-electron chi connectivity index (χ0n) is 28.9. The Kier molecular flexibility index (Phi) is 11.1. The number of carbonyl (C=O) groups is 3. The summed E-state index contributed by atoms with van der Waals surface area (Å²) >= 11 is 0. The number of aliphatic imine (C=N–C) groups is 1. The van der Waals surface area contributed by atoms with Crippen LogP contribution in [-0.4, -0.2) is 36.7 Å². The van der Waals surface area contributed by atoms with Gasteiger partial charge in [-0.3, -0.25) is 14.4 Å². The number of nitrogens with zero attached hydrogens (tertiary/aromatic N) is 2. The van der Waals surface area contributed by atoms with Crippen molar-refractivity contribution >= 4 is 29.1 Å². The number of carbonyl (C=O) groups excluding carboxylic acids is 3. The highest BCUT2D eigenvalue weighted by Crippen LogP contribution is 2.35. The van der Waals surface area contributed by atoms with E-state index >= 15 is 0 Å². The molecule has 258 valence electrons. The zero-order valence-corrected chi connectivity index (χ0v) is 28.9. The van der Waals surface area contributed by atoms with E-state index in [2.05, 4.69) is 11.4 Å². The summed E-state index contributed by atoms with van der Waals surface area (Å²) in [6, 6.07) is 33.4. The van der Waals surface area contributed by atoms with Crippen LogP contribution >= 0.6 is 0 Å². The predicted molar refractivity (Wildman–Crippen MR) is 198 cm³/mol. The smallest absolute Gasteiger partial charge is 0.272 e. The lowest BCUT2D eigenvalue weighted by Gasteiger charge is -2.29. The van der Waals surface area contributed by atoms with Gasteiger partial charge in [0.1, 0.15) is 5.75 Å². The first-order valence-electron chi connectivity index (χ1n) is 17.7. The van der Waals surface area contributed by atoms with Gasteiger partial charge in [-0.15, -0.1) is 0 Å². The Balaban J connectivity index is 1.38. The molecule has 1 aliphatic carbocycles. The number of primary amides is 1. The quantitative estimate of drug-likeness (QED) is 0.156. The van der Waals surface area contributed by atoms with Gasteiger partial charge >= 0.3 is 0 Å². The molecule has 0 aromatic heterocycles. The predicted octanol–water partition coefficient (Wildman–Crippen LogP) is 7.29. The van der Waals surface area contributed by atoms with Crippen molar-refractivity contribution in [2.75, 3.05) is 12.0 Å². The maximum atomic E-state index is 14.7. The number of hydrogen-bond donors (Lipinski definition) is 2. The molecular weight excluding hydrogens is 624 g/mol. The summed E-state index contributed by atoms with van der Waals surface area (Å²) in [6.07, 6.45) is 4.88. The molecule has 3 atom stereocenters. The van der Waals surface area contributed by atoms with Gasteiger partial charge < -0.3 is 20.7 Å². The van der Waals surface area contributed by atoms with Crippen LogP contribution < -0.4 is 20.7 Å². The Morgan fingerprint density at radius 3 is 2.28 bits per heavy atom. The van der Waals surface area contributed by atoms with Crippen LogP contribution in [0.25, 0.3) is 11.1 Å². The second-order valence-electron chi connectivity index (χ2n) is 13.4. The molecule has 6 rings (SSSR count). The third-order valence-electron chi connectivity index (χ3n) is 10.1. The fourth-order valence-electron chi connectivity index (χ4n) is 7.48. The highest BCUT2D eigenvalue weighted by Gasteiger charge is 2.38. The molecular formula is C42H46N4O4. The van der Waals surface area contributed by atoms with Crippen molar-refractivity contribution < 1.29 is 19.1 Å². The molecule has 1 heterocycles. The number of benzene rings is 4. The van der Waals surface area contributed by atoms with Gasteiger partial charge in [0.2, 0.25) is 18.0 Å². The second kappa shape index (κ2) is 16.0. The summed E-state index contributed by atoms with van der Waals surface area (Å²) in [7, 11) is 1.64. The van der Waals surface area contributed by atoms with Crippen molar-refractivity contribution in [1.29, 1.82) is 0 Å². The fourth-order valence-corrected chi connectivity index (χ4v) is 7.48. The van der Waals surface area contributed by atoms with Gasteiger partial charge in [0, 0.05) is 23.0 Å². The van der Waals surface area contributed by atoms with Gasteiger partial charge in [0.15, 0.2) is 0 Å². The van der Waals surface area contributed by atoms with Crippen LogP contribution in [0, 0.1) is 17.8 Å². The van der Waals surface area contributed by atoms with Crippen LogP contribution in [-0.2, 0) is 20.9 Å². The maximum Gasteiger partial charge on any atom is 0.272 e. The molecule has 50 heavy (non-hydrogen) atoms. The summed E-state index contributed by atoms with van der Waals surface area (Å²) in [4.78, 5) is 48.6. The molecule has 0 radical (unpaired) electrons. The molecule has 4 aromatic carbocycles. The van der Waals surface area contributed by atoms with Crippen LogP contribution in [0.4, 0.5) is 5.69 Å². The van der Waals surface area contributed by atoms with Crippen molar-refractivity contribution in [1.82, 2.24) is 5.32 Å². The van der Waals surface area contributed by atoms with Crippen molar-refractivity contribution in [3.05, 3.63) is 120 Å². The maximum absolute atomic E-state index is 14.7.